The lowest BCUT2D eigenvalue weighted by atomic mass is 10.1. The molecule has 3 heteroatoms. The molecule has 2 unspecified atom stereocenters. The van der Waals surface area contributed by atoms with Gasteiger partial charge in [-0.2, -0.15) is 0 Å². The molecular formula is C7H8BNO. The van der Waals surface area contributed by atoms with Gasteiger partial charge in [0, 0.05) is 12.6 Å². The number of hydrogen-bond acceptors (Lipinski definition) is 1. The molecule has 0 aromatic carbocycles. The van der Waals surface area contributed by atoms with Crippen molar-refractivity contribution in [1.82, 2.24) is 4.90 Å². The summed E-state index contributed by atoms with van der Waals surface area (Å²) in [4.78, 5) is 12.4. The Balaban J connectivity index is 2.16. The second-order valence-corrected chi connectivity index (χ2v) is 2.94. The Bertz CT molecular complexity index is 202. The van der Waals surface area contributed by atoms with Crippen molar-refractivity contribution in [1.29, 1.82) is 0 Å². The maximum atomic E-state index is 10.7. The van der Waals surface area contributed by atoms with Crippen molar-refractivity contribution in [2.45, 2.75) is 12.5 Å². The third-order valence-corrected chi connectivity index (χ3v) is 2.26. The summed E-state index contributed by atoms with van der Waals surface area (Å²) in [5, 5.41) is 0. The Morgan fingerprint density at radius 3 is 2.70 bits per heavy atom. The van der Waals surface area contributed by atoms with E-state index in [1.807, 2.05) is 0 Å². The van der Waals surface area contributed by atoms with Crippen LogP contribution in [0, 0.1) is 5.92 Å². The number of likely N-dealkylation sites (tertiary alicyclic amines) is 1. The largest absolute Gasteiger partial charge is 0.345 e. The molecule has 0 saturated carbocycles. The molecule has 1 aliphatic carbocycles. The van der Waals surface area contributed by atoms with Crippen LogP contribution >= 0.6 is 0 Å². The number of carbonyl (C=O) groups excluding carboxylic acids is 1. The van der Waals surface area contributed by atoms with Crippen LogP contribution in [-0.4, -0.2) is 31.1 Å². The van der Waals surface area contributed by atoms with Crippen molar-refractivity contribution in [3.8, 4) is 0 Å². The minimum Gasteiger partial charge on any atom is -0.345 e. The zero-order valence-corrected chi connectivity index (χ0v) is 5.66. The van der Waals surface area contributed by atoms with Crippen molar-refractivity contribution in [2.75, 3.05) is 6.54 Å². The Morgan fingerprint density at radius 1 is 1.60 bits per heavy atom. The van der Waals surface area contributed by atoms with Gasteiger partial charge in [-0.25, -0.2) is 0 Å². The van der Waals surface area contributed by atoms with E-state index in [0.717, 1.165) is 13.0 Å². The maximum absolute atomic E-state index is 10.7. The molecule has 2 radical (unpaired) electrons. The standard InChI is InChI=1S/C7H8BNO/c8-7(10)9-4-5-1-2-6(9)3-5/h1-2,5-6H,3-4H2. The predicted octanol–water partition coefficient (Wildman–Crippen LogP) is 0.535. The molecule has 2 aliphatic rings. The highest BCUT2D eigenvalue weighted by atomic mass is 16.2. The van der Waals surface area contributed by atoms with E-state index >= 15 is 0 Å². The molecule has 1 aliphatic heterocycles. The molecule has 2 rings (SSSR count). The van der Waals surface area contributed by atoms with Crippen LogP contribution in [0.5, 0.6) is 0 Å². The first-order valence-electron chi connectivity index (χ1n) is 3.52. The van der Waals surface area contributed by atoms with E-state index in [0.29, 0.717) is 12.0 Å². The number of nitrogens with zero attached hydrogens (tertiary/aromatic N) is 1. The third-order valence-electron chi connectivity index (χ3n) is 2.26. The summed E-state index contributed by atoms with van der Waals surface area (Å²) in [5.41, 5.74) is 0. The number of hydrogen-bond donors (Lipinski definition) is 0. The normalized spacial score (nSPS) is 35.4. The lowest BCUT2D eigenvalue weighted by molar-refractivity contribution is 0.222. The Hall–Kier alpha value is -0.725. The summed E-state index contributed by atoms with van der Waals surface area (Å²) in [6.45, 7) is 0.830. The highest BCUT2D eigenvalue weighted by Gasteiger charge is 2.34. The molecule has 0 aromatic heterocycles. The molecule has 10 heavy (non-hydrogen) atoms. The molecule has 1 fully saturated rings. The molecule has 2 nitrogen and oxygen atoms in total. The SMILES string of the molecule is [B]C(=O)N1CC2C=CC1C2. The molecule has 0 spiro atoms. The highest BCUT2D eigenvalue weighted by Crippen LogP contribution is 2.30. The van der Waals surface area contributed by atoms with Crippen LogP contribution in [0.4, 0.5) is 4.79 Å². The van der Waals surface area contributed by atoms with E-state index in [1.54, 1.807) is 4.90 Å². The summed E-state index contributed by atoms with van der Waals surface area (Å²) < 4.78 is 0. The Morgan fingerprint density at radius 2 is 2.40 bits per heavy atom. The van der Waals surface area contributed by atoms with Crippen molar-refractivity contribution < 1.29 is 4.79 Å². The second-order valence-electron chi connectivity index (χ2n) is 2.94. The van der Waals surface area contributed by atoms with Crippen LogP contribution in [-0.2, 0) is 0 Å². The summed E-state index contributed by atoms with van der Waals surface area (Å²) >= 11 is 0. The van der Waals surface area contributed by atoms with Crippen molar-refractivity contribution in [2.24, 2.45) is 5.92 Å². The Kier molecular flexibility index (Phi) is 1.13. The topological polar surface area (TPSA) is 20.3 Å². The molecule has 1 saturated heterocycles. The van der Waals surface area contributed by atoms with Crippen LogP contribution in [0.2, 0.25) is 0 Å². The van der Waals surface area contributed by atoms with Gasteiger partial charge in [0.15, 0.2) is 5.81 Å². The van der Waals surface area contributed by atoms with Crippen molar-refractivity contribution >= 4 is 13.7 Å². The average Bonchev–Trinajstić information content (AvgIpc) is 2.44. The predicted molar refractivity (Wildman–Crippen MR) is 38.9 cm³/mol. The maximum Gasteiger partial charge on any atom is 0.200 e. The van der Waals surface area contributed by atoms with Gasteiger partial charge < -0.3 is 4.90 Å². The minimum absolute atomic E-state index is 0.281. The smallest absolute Gasteiger partial charge is 0.200 e. The zero-order chi connectivity index (χ0) is 7.14. The number of fused-ring (bicyclic) bond motifs is 2. The van der Waals surface area contributed by atoms with Gasteiger partial charge in [0.25, 0.3) is 0 Å². The molecule has 2 atom stereocenters. The van der Waals surface area contributed by atoms with Gasteiger partial charge in [-0.1, -0.05) is 12.2 Å². The van der Waals surface area contributed by atoms with Crippen molar-refractivity contribution in [3.05, 3.63) is 12.2 Å². The first-order chi connectivity index (χ1) is 4.77. The van der Waals surface area contributed by atoms with Crippen molar-refractivity contribution in [3.63, 3.8) is 0 Å². The van der Waals surface area contributed by atoms with E-state index < -0.39 is 0 Å². The lowest BCUT2D eigenvalue weighted by Gasteiger charge is -2.22. The minimum atomic E-state index is -0.281. The number of carbonyl (C=O) groups is 1. The summed E-state index contributed by atoms with van der Waals surface area (Å²) in [6, 6.07) is 0.308. The average molecular weight is 133 g/mol. The highest BCUT2D eigenvalue weighted by molar-refractivity contribution is 6.57. The van der Waals surface area contributed by atoms with Gasteiger partial charge in [0.2, 0.25) is 7.85 Å². The molecule has 0 aromatic rings. The fraction of sp³-hybridized carbons (Fsp3) is 0.571. The molecule has 50 valence electrons. The van der Waals surface area contributed by atoms with Gasteiger partial charge in [-0.15, -0.1) is 0 Å². The van der Waals surface area contributed by atoms with Crippen LogP contribution < -0.4 is 0 Å². The number of amides is 1. The van der Waals surface area contributed by atoms with Crippen LogP contribution in [0.3, 0.4) is 0 Å². The summed E-state index contributed by atoms with van der Waals surface area (Å²) in [7, 11) is 5.14. The fourth-order valence-electron chi connectivity index (χ4n) is 1.76. The van der Waals surface area contributed by atoms with Gasteiger partial charge in [0.05, 0.1) is 0 Å². The van der Waals surface area contributed by atoms with Gasteiger partial charge >= 0.3 is 0 Å². The van der Waals surface area contributed by atoms with Gasteiger partial charge in [-0.05, 0) is 12.3 Å². The van der Waals surface area contributed by atoms with E-state index in [4.69, 9.17) is 7.85 Å². The zero-order valence-electron chi connectivity index (χ0n) is 5.66. The van der Waals surface area contributed by atoms with E-state index in [-0.39, 0.29) is 5.81 Å². The van der Waals surface area contributed by atoms with Gasteiger partial charge in [0.1, 0.15) is 0 Å². The fourth-order valence-corrected chi connectivity index (χ4v) is 1.76. The summed E-state index contributed by atoms with van der Waals surface area (Å²) in [6.07, 6.45) is 5.33. The van der Waals surface area contributed by atoms with Crippen LogP contribution in [0.25, 0.3) is 0 Å². The van der Waals surface area contributed by atoms with Gasteiger partial charge in [-0.3, -0.25) is 4.79 Å². The number of rotatable bonds is 0. The Labute approximate surface area is 61.3 Å². The monoisotopic (exact) mass is 133 g/mol. The molecule has 1 amide bonds. The first kappa shape index (κ1) is 6.02. The van der Waals surface area contributed by atoms with Crippen LogP contribution in [0.15, 0.2) is 12.2 Å². The second kappa shape index (κ2) is 1.88. The molecule has 1 heterocycles. The van der Waals surface area contributed by atoms with E-state index in [2.05, 4.69) is 12.2 Å². The molecule has 0 N–H and O–H groups in total. The first-order valence-corrected chi connectivity index (χ1v) is 3.52. The summed E-state index contributed by atoms with van der Waals surface area (Å²) in [5.74, 6) is 0.300. The van der Waals surface area contributed by atoms with E-state index in [1.165, 1.54) is 0 Å². The molecular weight excluding hydrogens is 125 g/mol. The quantitative estimate of drug-likeness (QED) is 0.348. The molecule has 2 bridgehead atoms. The van der Waals surface area contributed by atoms with E-state index in [9.17, 15) is 4.79 Å². The lowest BCUT2D eigenvalue weighted by Crippen LogP contribution is -2.34. The van der Waals surface area contributed by atoms with Crippen LogP contribution in [0.1, 0.15) is 6.42 Å². The third kappa shape index (κ3) is 0.697.